The molecule has 0 aliphatic rings. The molecule has 1 unspecified atom stereocenters. The van der Waals surface area contributed by atoms with E-state index < -0.39 is 0 Å². The van der Waals surface area contributed by atoms with Gasteiger partial charge in [-0.1, -0.05) is 18.5 Å². The number of nitrogens with one attached hydrogen (secondary N) is 1. The molecule has 0 heterocycles. The summed E-state index contributed by atoms with van der Waals surface area (Å²) in [5.41, 5.74) is 6.86. The number of hydrogen-bond acceptors (Lipinski definition) is 3. The number of nitrogens with two attached hydrogens (primary N) is 1. The Morgan fingerprint density at radius 3 is 2.67 bits per heavy atom. The Morgan fingerprint density at radius 1 is 1.53 bits per heavy atom. The summed E-state index contributed by atoms with van der Waals surface area (Å²) in [7, 11) is 0. The molecule has 1 atom stereocenters. The maximum atomic E-state index is 9.26. The third-order valence-electron chi connectivity index (χ3n) is 2.58. The normalized spacial score (nSPS) is 14.7. The average Bonchev–Trinajstić information content (AvgIpc) is 2.22. The fraction of sp³-hybridized carbons (Fsp3) is 0.455. The highest BCUT2D eigenvalue weighted by Gasteiger charge is 2.21. The second-order valence-corrected chi connectivity index (χ2v) is 4.37. The molecule has 0 amide bonds. The van der Waals surface area contributed by atoms with E-state index in [2.05, 4.69) is 5.32 Å². The van der Waals surface area contributed by atoms with Crippen LogP contribution in [-0.4, -0.2) is 17.3 Å². The monoisotopic (exact) mass is 228 g/mol. The SMILES string of the molecule is CCC(C)(CO)Nc1ccc(Cl)cc1N. The third-order valence-corrected chi connectivity index (χ3v) is 2.81. The maximum absolute atomic E-state index is 9.26. The maximum Gasteiger partial charge on any atom is 0.0658 e. The van der Waals surface area contributed by atoms with Gasteiger partial charge in [0.25, 0.3) is 0 Å². The minimum atomic E-state index is -0.345. The van der Waals surface area contributed by atoms with Crippen LogP contribution in [0.1, 0.15) is 20.3 Å². The van der Waals surface area contributed by atoms with E-state index >= 15 is 0 Å². The van der Waals surface area contributed by atoms with Crippen LogP contribution in [0.2, 0.25) is 5.02 Å². The number of nitrogen functional groups attached to an aromatic ring is 1. The summed E-state index contributed by atoms with van der Waals surface area (Å²) in [6, 6.07) is 5.28. The second kappa shape index (κ2) is 4.73. The molecule has 3 nitrogen and oxygen atoms in total. The summed E-state index contributed by atoms with van der Waals surface area (Å²) in [6.45, 7) is 4.02. The van der Waals surface area contributed by atoms with Gasteiger partial charge >= 0.3 is 0 Å². The Morgan fingerprint density at radius 2 is 2.20 bits per heavy atom. The van der Waals surface area contributed by atoms with Crippen molar-refractivity contribution in [1.82, 2.24) is 0 Å². The van der Waals surface area contributed by atoms with E-state index in [1.807, 2.05) is 19.9 Å². The molecule has 1 rings (SSSR count). The zero-order valence-electron chi connectivity index (χ0n) is 9.05. The van der Waals surface area contributed by atoms with Crippen molar-refractivity contribution in [1.29, 1.82) is 0 Å². The van der Waals surface area contributed by atoms with Crippen molar-refractivity contribution >= 4 is 23.0 Å². The minimum Gasteiger partial charge on any atom is -0.397 e. The molecular weight excluding hydrogens is 212 g/mol. The summed E-state index contributed by atoms with van der Waals surface area (Å²) < 4.78 is 0. The summed E-state index contributed by atoms with van der Waals surface area (Å²) >= 11 is 5.80. The van der Waals surface area contributed by atoms with Crippen LogP contribution in [0.3, 0.4) is 0 Å². The lowest BCUT2D eigenvalue weighted by molar-refractivity contribution is 0.219. The molecule has 0 spiro atoms. The van der Waals surface area contributed by atoms with E-state index in [0.717, 1.165) is 12.1 Å². The first-order valence-corrected chi connectivity index (χ1v) is 5.32. The standard InChI is InChI=1S/C11H17ClN2O/c1-3-11(2,7-15)14-10-5-4-8(12)6-9(10)13/h4-6,14-15H,3,7,13H2,1-2H3. The predicted molar refractivity (Wildman–Crippen MR) is 65.3 cm³/mol. The molecule has 0 radical (unpaired) electrons. The van der Waals surface area contributed by atoms with Gasteiger partial charge in [-0.2, -0.15) is 0 Å². The van der Waals surface area contributed by atoms with Gasteiger partial charge in [-0.25, -0.2) is 0 Å². The first kappa shape index (κ1) is 12.1. The molecule has 4 N–H and O–H groups in total. The largest absolute Gasteiger partial charge is 0.397 e. The lowest BCUT2D eigenvalue weighted by atomic mass is 9.99. The van der Waals surface area contributed by atoms with Crippen LogP contribution in [0, 0.1) is 0 Å². The van der Waals surface area contributed by atoms with Gasteiger partial charge in [0.1, 0.15) is 0 Å². The van der Waals surface area contributed by atoms with Gasteiger partial charge < -0.3 is 16.2 Å². The van der Waals surface area contributed by atoms with Crippen molar-refractivity contribution in [2.75, 3.05) is 17.7 Å². The highest BCUT2D eigenvalue weighted by molar-refractivity contribution is 6.31. The Kier molecular flexibility index (Phi) is 3.83. The number of rotatable bonds is 4. The van der Waals surface area contributed by atoms with Crippen LogP contribution in [0.5, 0.6) is 0 Å². The highest BCUT2D eigenvalue weighted by Crippen LogP contribution is 2.26. The highest BCUT2D eigenvalue weighted by atomic mass is 35.5. The van der Waals surface area contributed by atoms with Gasteiger partial charge in [0, 0.05) is 5.02 Å². The number of aliphatic hydroxyl groups is 1. The van der Waals surface area contributed by atoms with Crippen molar-refractivity contribution < 1.29 is 5.11 Å². The molecule has 0 aliphatic carbocycles. The smallest absolute Gasteiger partial charge is 0.0658 e. The molecule has 0 aliphatic heterocycles. The van der Waals surface area contributed by atoms with Crippen LogP contribution in [-0.2, 0) is 0 Å². The van der Waals surface area contributed by atoms with Gasteiger partial charge in [0.15, 0.2) is 0 Å². The van der Waals surface area contributed by atoms with E-state index in [1.54, 1.807) is 12.1 Å². The van der Waals surface area contributed by atoms with Gasteiger partial charge in [0.2, 0.25) is 0 Å². The zero-order chi connectivity index (χ0) is 11.5. The Bertz CT molecular complexity index is 337. The summed E-state index contributed by atoms with van der Waals surface area (Å²) in [4.78, 5) is 0. The van der Waals surface area contributed by atoms with Gasteiger partial charge in [-0.05, 0) is 31.5 Å². The van der Waals surface area contributed by atoms with E-state index in [-0.39, 0.29) is 12.1 Å². The van der Waals surface area contributed by atoms with Crippen LogP contribution >= 0.6 is 11.6 Å². The number of benzene rings is 1. The minimum absolute atomic E-state index is 0.0611. The Labute approximate surface area is 95.2 Å². The molecule has 1 aromatic carbocycles. The van der Waals surface area contributed by atoms with Gasteiger partial charge in [0.05, 0.1) is 23.5 Å². The molecule has 0 saturated heterocycles. The predicted octanol–water partition coefficient (Wildman–Crippen LogP) is 2.50. The van der Waals surface area contributed by atoms with E-state index in [4.69, 9.17) is 17.3 Å². The number of aliphatic hydroxyl groups excluding tert-OH is 1. The Balaban J connectivity index is 2.89. The molecule has 15 heavy (non-hydrogen) atoms. The number of anilines is 2. The number of halogens is 1. The molecule has 0 bridgehead atoms. The summed E-state index contributed by atoms with van der Waals surface area (Å²) in [5.74, 6) is 0. The lowest BCUT2D eigenvalue weighted by Gasteiger charge is -2.29. The van der Waals surface area contributed by atoms with Crippen LogP contribution in [0.25, 0.3) is 0 Å². The van der Waals surface area contributed by atoms with E-state index in [0.29, 0.717) is 10.7 Å². The molecule has 1 aromatic rings. The number of hydrogen-bond donors (Lipinski definition) is 3. The molecule has 4 heteroatoms. The van der Waals surface area contributed by atoms with Crippen molar-refractivity contribution in [2.24, 2.45) is 0 Å². The fourth-order valence-electron chi connectivity index (χ4n) is 1.21. The average molecular weight is 229 g/mol. The lowest BCUT2D eigenvalue weighted by Crippen LogP contribution is -2.38. The van der Waals surface area contributed by atoms with E-state index in [1.165, 1.54) is 0 Å². The molecule has 0 aromatic heterocycles. The van der Waals surface area contributed by atoms with Crippen LogP contribution in [0.15, 0.2) is 18.2 Å². The molecule has 0 fully saturated rings. The van der Waals surface area contributed by atoms with Crippen molar-refractivity contribution in [3.8, 4) is 0 Å². The summed E-state index contributed by atoms with van der Waals surface area (Å²) in [6.07, 6.45) is 0.811. The Hall–Kier alpha value is -0.930. The fourth-order valence-corrected chi connectivity index (χ4v) is 1.39. The first-order valence-electron chi connectivity index (χ1n) is 4.95. The van der Waals surface area contributed by atoms with Gasteiger partial charge in [-0.15, -0.1) is 0 Å². The first-order chi connectivity index (χ1) is 7.00. The molecule has 0 saturated carbocycles. The van der Waals surface area contributed by atoms with Crippen molar-refractivity contribution in [2.45, 2.75) is 25.8 Å². The quantitative estimate of drug-likeness (QED) is 0.694. The summed E-state index contributed by atoms with van der Waals surface area (Å²) in [5, 5.41) is 13.1. The van der Waals surface area contributed by atoms with Crippen LogP contribution in [0.4, 0.5) is 11.4 Å². The molecule has 84 valence electrons. The van der Waals surface area contributed by atoms with Crippen molar-refractivity contribution in [3.63, 3.8) is 0 Å². The third kappa shape index (κ3) is 3.01. The zero-order valence-corrected chi connectivity index (χ0v) is 9.80. The molecular formula is C11H17ClN2O. The van der Waals surface area contributed by atoms with E-state index in [9.17, 15) is 5.11 Å². The second-order valence-electron chi connectivity index (χ2n) is 3.93. The topological polar surface area (TPSA) is 58.3 Å². The van der Waals surface area contributed by atoms with Crippen LogP contribution < -0.4 is 11.1 Å². The van der Waals surface area contributed by atoms with Crippen molar-refractivity contribution in [3.05, 3.63) is 23.2 Å². The van der Waals surface area contributed by atoms with Gasteiger partial charge in [-0.3, -0.25) is 0 Å².